The van der Waals surface area contributed by atoms with Crippen LogP contribution in [-0.4, -0.2) is 19.9 Å². The van der Waals surface area contributed by atoms with Crippen LogP contribution in [0.5, 0.6) is 0 Å². The maximum Gasteiger partial charge on any atom is 0.195 e. The normalized spacial score (nSPS) is 11.0. The van der Waals surface area contributed by atoms with Crippen molar-refractivity contribution < 1.29 is 4.52 Å². The van der Waals surface area contributed by atoms with E-state index in [0.717, 1.165) is 38.4 Å². The molecule has 0 saturated carbocycles. The number of halogens is 1. The first-order valence-corrected chi connectivity index (χ1v) is 9.37. The SMILES string of the molecule is Cc1ccc(-n2cnnc2SCc2cc(-c3ccccc3)on2)cc1Cl. The highest BCUT2D eigenvalue weighted by Gasteiger charge is 2.11. The van der Waals surface area contributed by atoms with Crippen molar-refractivity contribution in [2.24, 2.45) is 0 Å². The third kappa shape index (κ3) is 3.52. The van der Waals surface area contributed by atoms with Gasteiger partial charge in [-0.05, 0) is 24.6 Å². The minimum absolute atomic E-state index is 0.634. The molecule has 4 rings (SSSR count). The predicted molar refractivity (Wildman–Crippen MR) is 103 cm³/mol. The number of benzene rings is 2. The summed E-state index contributed by atoms with van der Waals surface area (Å²) in [5.74, 6) is 1.39. The smallest absolute Gasteiger partial charge is 0.195 e. The summed E-state index contributed by atoms with van der Waals surface area (Å²) >= 11 is 7.78. The topological polar surface area (TPSA) is 56.7 Å². The lowest BCUT2D eigenvalue weighted by molar-refractivity contribution is 0.426. The fraction of sp³-hybridized carbons (Fsp3) is 0.105. The van der Waals surface area contributed by atoms with Crippen LogP contribution in [0.4, 0.5) is 0 Å². The van der Waals surface area contributed by atoms with Gasteiger partial charge in [0.05, 0.1) is 11.4 Å². The van der Waals surface area contributed by atoms with E-state index in [1.54, 1.807) is 18.1 Å². The second-order valence-corrected chi connectivity index (χ2v) is 7.10. The van der Waals surface area contributed by atoms with Gasteiger partial charge in [0.2, 0.25) is 0 Å². The third-order valence-corrected chi connectivity index (χ3v) is 5.30. The first-order chi connectivity index (χ1) is 12.7. The predicted octanol–water partition coefficient (Wildman–Crippen LogP) is 5.18. The molecule has 2 heterocycles. The van der Waals surface area contributed by atoms with E-state index in [0.29, 0.717) is 5.75 Å². The summed E-state index contributed by atoms with van der Waals surface area (Å²) in [7, 11) is 0. The first kappa shape index (κ1) is 16.9. The molecule has 0 spiro atoms. The fourth-order valence-corrected chi connectivity index (χ4v) is 3.47. The van der Waals surface area contributed by atoms with Gasteiger partial charge in [0.15, 0.2) is 10.9 Å². The summed E-state index contributed by atoms with van der Waals surface area (Å²) in [4.78, 5) is 0. The number of aryl methyl sites for hydroxylation is 1. The summed E-state index contributed by atoms with van der Waals surface area (Å²) < 4.78 is 7.35. The van der Waals surface area contributed by atoms with E-state index < -0.39 is 0 Å². The van der Waals surface area contributed by atoms with Crippen molar-refractivity contribution >= 4 is 23.4 Å². The number of rotatable bonds is 5. The molecule has 0 aliphatic rings. The van der Waals surface area contributed by atoms with Gasteiger partial charge in [0.25, 0.3) is 0 Å². The molecule has 0 N–H and O–H groups in total. The van der Waals surface area contributed by atoms with Crippen molar-refractivity contribution in [2.75, 3.05) is 0 Å². The maximum absolute atomic E-state index is 6.23. The Kier molecular flexibility index (Phi) is 4.77. The molecule has 2 aromatic carbocycles. The number of thioether (sulfide) groups is 1. The van der Waals surface area contributed by atoms with Crippen LogP contribution >= 0.6 is 23.4 Å². The zero-order chi connectivity index (χ0) is 17.9. The Balaban J connectivity index is 1.50. The average Bonchev–Trinajstić information content (AvgIpc) is 3.32. The molecule has 2 aromatic heterocycles. The minimum atomic E-state index is 0.634. The largest absolute Gasteiger partial charge is 0.356 e. The molecule has 0 aliphatic carbocycles. The van der Waals surface area contributed by atoms with E-state index >= 15 is 0 Å². The van der Waals surface area contributed by atoms with Crippen LogP contribution in [0.15, 0.2) is 70.6 Å². The molecule has 0 unspecified atom stereocenters. The van der Waals surface area contributed by atoms with Crippen molar-refractivity contribution in [1.82, 2.24) is 19.9 Å². The van der Waals surface area contributed by atoms with E-state index in [1.807, 2.05) is 66.1 Å². The zero-order valence-electron chi connectivity index (χ0n) is 14.0. The molecule has 26 heavy (non-hydrogen) atoms. The second kappa shape index (κ2) is 7.35. The van der Waals surface area contributed by atoms with Gasteiger partial charge < -0.3 is 4.52 Å². The van der Waals surface area contributed by atoms with Crippen LogP contribution in [0, 0.1) is 6.92 Å². The van der Waals surface area contributed by atoms with Crippen LogP contribution in [0.3, 0.4) is 0 Å². The Labute approximate surface area is 160 Å². The molecule has 0 radical (unpaired) electrons. The van der Waals surface area contributed by atoms with Crippen molar-refractivity contribution in [2.45, 2.75) is 17.8 Å². The highest BCUT2D eigenvalue weighted by molar-refractivity contribution is 7.98. The molecule has 0 aliphatic heterocycles. The van der Waals surface area contributed by atoms with Crippen LogP contribution in [0.2, 0.25) is 5.02 Å². The molecule has 0 amide bonds. The Bertz CT molecular complexity index is 1030. The minimum Gasteiger partial charge on any atom is -0.356 e. The van der Waals surface area contributed by atoms with E-state index in [2.05, 4.69) is 15.4 Å². The summed E-state index contributed by atoms with van der Waals surface area (Å²) in [6.45, 7) is 1.98. The fourth-order valence-electron chi connectivity index (χ4n) is 2.49. The van der Waals surface area contributed by atoms with Crippen LogP contribution in [0.25, 0.3) is 17.0 Å². The van der Waals surface area contributed by atoms with Gasteiger partial charge in [-0.2, -0.15) is 0 Å². The van der Waals surface area contributed by atoms with Crippen molar-refractivity contribution in [3.63, 3.8) is 0 Å². The molecule has 0 fully saturated rings. The lowest BCUT2D eigenvalue weighted by atomic mass is 10.2. The molecule has 7 heteroatoms. The van der Waals surface area contributed by atoms with Gasteiger partial charge >= 0.3 is 0 Å². The number of hydrogen-bond donors (Lipinski definition) is 0. The molecular formula is C19H15ClN4OS. The summed E-state index contributed by atoms with van der Waals surface area (Å²) in [6, 6.07) is 17.8. The quantitative estimate of drug-likeness (QED) is 0.445. The molecule has 0 atom stereocenters. The Hall–Kier alpha value is -2.57. The third-order valence-electron chi connectivity index (χ3n) is 3.92. The second-order valence-electron chi connectivity index (χ2n) is 5.75. The zero-order valence-corrected chi connectivity index (χ0v) is 15.5. The standard InChI is InChI=1S/C19H15ClN4OS/c1-13-7-8-16(10-17(13)20)24-12-21-22-19(24)26-11-15-9-18(25-23-15)14-5-3-2-4-6-14/h2-10,12H,11H2,1H3. The van der Waals surface area contributed by atoms with Crippen LogP contribution in [0.1, 0.15) is 11.3 Å². The van der Waals surface area contributed by atoms with Gasteiger partial charge in [-0.1, -0.05) is 64.9 Å². The van der Waals surface area contributed by atoms with Gasteiger partial charge in [-0.25, -0.2) is 0 Å². The van der Waals surface area contributed by atoms with Crippen molar-refractivity contribution in [3.05, 3.63) is 77.2 Å². The van der Waals surface area contributed by atoms with Gasteiger partial charge in [-0.15, -0.1) is 10.2 Å². The molecular weight excluding hydrogens is 368 g/mol. The number of hydrogen-bond acceptors (Lipinski definition) is 5. The average molecular weight is 383 g/mol. The Morgan fingerprint density at radius 3 is 2.77 bits per heavy atom. The first-order valence-electron chi connectivity index (χ1n) is 8.01. The van der Waals surface area contributed by atoms with Gasteiger partial charge in [0.1, 0.15) is 6.33 Å². The monoisotopic (exact) mass is 382 g/mol. The number of aromatic nitrogens is 4. The highest BCUT2D eigenvalue weighted by Crippen LogP contribution is 2.27. The maximum atomic E-state index is 6.23. The Morgan fingerprint density at radius 2 is 1.96 bits per heavy atom. The summed E-state index contributed by atoms with van der Waals surface area (Å²) in [6.07, 6.45) is 1.68. The summed E-state index contributed by atoms with van der Waals surface area (Å²) in [5, 5.41) is 13.9. The Morgan fingerprint density at radius 1 is 1.12 bits per heavy atom. The molecule has 4 aromatic rings. The van der Waals surface area contributed by atoms with E-state index in [9.17, 15) is 0 Å². The molecule has 0 saturated heterocycles. The lowest BCUT2D eigenvalue weighted by Gasteiger charge is -2.07. The van der Waals surface area contributed by atoms with Crippen LogP contribution < -0.4 is 0 Å². The van der Waals surface area contributed by atoms with Gasteiger partial charge in [-0.3, -0.25) is 4.57 Å². The molecule has 0 bridgehead atoms. The molecule has 130 valence electrons. The van der Waals surface area contributed by atoms with E-state index in [4.69, 9.17) is 16.1 Å². The molecule has 5 nitrogen and oxygen atoms in total. The summed E-state index contributed by atoms with van der Waals surface area (Å²) in [5.41, 5.74) is 3.83. The van der Waals surface area contributed by atoms with Crippen LogP contribution in [-0.2, 0) is 5.75 Å². The van der Waals surface area contributed by atoms with Crippen molar-refractivity contribution in [3.8, 4) is 17.0 Å². The highest BCUT2D eigenvalue weighted by atomic mass is 35.5. The number of nitrogens with zero attached hydrogens (tertiary/aromatic N) is 4. The van der Waals surface area contributed by atoms with E-state index in [1.165, 1.54) is 0 Å². The van der Waals surface area contributed by atoms with Gasteiger partial charge in [0, 0.05) is 22.4 Å². The van der Waals surface area contributed by atoms with E-state index in [-0.39, 0.29) is 0 Å². The van der Waals surface area contributed by atoms with Crippen molar-refractivity contribution in [1.29, 1.82) is 0 Å². The lowest BCUT2D eigenvalue weighted by Crippen LogP contribution is -1.96.